The Morgan fingerprint density at radius 3 is 2.88 bits per heavy atom. The van der Waals surface area contributed by atoms with Gasteiger partial charge in [-0.05, 0) is 13.3 Å². The van der Waals surface area contributed by atoms with Crippen LogP contribution in [-0.4, -0.2) is 55.5 Å². The molecule has 1 amide bonds. The Bertz CT molecular complexity index is 289. The van der Waals surface area contributed by atoms with Crippen LogP contribution in [0.15, 0.2) is 0 Å². The quantitative estimate of drug-likeness (QED) is 0.773. The van der Waals surface area contributed by atoms with Crippen LogP contribution < -0.4 is 5.32 Å². The summed E-state index contributed by atoms with van der Waals surface area (Å²) in [6.45, 7) is 5.96. The highest BCUT2D eigenvalue weighted by atomic mass is 16.5. The number of amides is 1. The molecule has 98 valence electrons. The smallest absolute Gasteiger partial charge is 0.241 e. The van der Waals surface area contributed by atoms with Gasteiger partial charge in [-0.2, -0.15) is 0 Å². The number of rotatable bonds is 4. The average Bonchev–Trinajstić information content (AvgIpc) is 2.90. The van der Waals surface area contributed by atoms with Crippen molar-refractivity contribution in [2.75, 3.05) is 26.9 Å². The molecule has 0 bridgehead atoms. The average molecular weight is 242 g/mol. The maximum absolute atomic E-state index is 12.2. The molecular formula is C12H22N2O3. The Morgan fingerprint density at radius 1 is 1.65 bits per heavy atom. The van der Waals surface area contributed by atoms with E-state index >= 15 is 0 Å². The van der Waals surface area contributed by atoms with Gasteiger partial charge in [-0.1, -0.05) is 6.92 Å². The summed E-state index contributed by atoms with van der Waals surface area (Å²) >= 11 is 0. The molecule has 1 N–H and O–H groups in total. The number of hydrogen-bond donors (Lipinski definition) is 1. The predicted molar refractivity (Wildman–Crippen MR) is 63.6 cm³/mol. The lowest BCUT2D eigenvalue weighted by molar-refractivity contribution is -0.134. The van der Waals surface area contributed by atoms with E-state index in [1.165, 1.54) is 0 Å². The van der Waals surface area contributed by atoms with Crippen LogP contribution in [0.2, 0.25) is 0 Å². The van der Waals surface area contributed by atoms with Crippen LogP contribution in [0.3, 0.4) is 0 Å². The molecule has 0 saturated carbocycles. The third-order valence-corrected chi connectivity index (χ3v) is 3.86. The molecule has 5 nitrogen and oxygen atoms in total. The lowest BCUT2D eigenvalue weighted by atomic mass is 10.0. The van der Waals surface area contributed by atoms with E-state index in [2.05, 4.69) is 5.32 Å². The zero-order valence-corrected chi connectivity index (χ0v) is 10.9. The zero-order valence-electron chi connectivity index (χ0n) is 10.9. The predicted octanol–water partition coefficient (Wildman–Crippen LogP) is 0.348. The Kier molecular flexibility index (Phi) is 3.70. The van der Waals surface area contributed by atoms with Gasteiger partial charge < -0.3 is 14.4 Å². The second kappa shape index (κ2) is 4.92. The molecule has 3 atom stereocenters. The number of carbonyl (C=O) groups excluding carboxylic acids is 1. The highest BCUT2D eigenvalue weighted by Gasteiger charge is 2.43. The molecule has 3 unspecified atom stereocenters. The maximum atomic E-state index is 12.2. The highest BCUT2D eigenvalue weighted by Crippen LogP contribution is 2.26. The van der Waals surface area contributed by atoms with Gasteiger partial charge in [-0.15, -0.1) is 0 Å². The van der Waals surface area contributed by atoms with E-state index in [0.29, 0.717) is 13.2 Å². The largest absolute Gasteiger partial charge is 0.378 e. The van der Waals surface area contributed by atoms with E-state index in [-0.39, 0.29) is 23.7 Å². The van der Waals surface area contributed by atoms with Gasteiger partial charge in [0.15, 0.2) is 0 Å². The van der Waals surface area contributed by atoms with Gasteiger partial charge in [0, 0.05) is 20.1 Å². The minimum Gasteiger partial charge on any atom is -0.378 e. The van der Waals surface area contributed by atoms with Gasteiger partial charge in [0.1, 0.15) is 5.60 Å². The lowest BCUT2D eigenvalue weighted by Gasteiger charge is -2.32. The van der Waals surface area contributed by atoms with Crippen molar-refractivity contribution in [2.45, 2.75) is 44.5 Å². The monoisotopic (exact) mass is 242 g/mol. The minimum atomic E-state index is -0.311. The maximum Gasteiger partial charge on any atom is 0.241 e. The summed E-state index contributed by atoms with van der Waals surface area (Å²) in [6, 6.07) is -0.0405. The summed E-state index contributed by atoms with van der Waals surface area (Å²) in [5.74, 6) is 0.184. The van der Waals surface area contributed by atoms with Crippen molar-refractivity contribution in [2.24, 2.45) is 0 Å². The molecule has 0 radical (unpaired) electrons. The van der Waals surface area contributed by atoms with Crippen LogP contribution >= 0.6 is 0 Å². The summed E-state index contributed by atoms with van der Waals surface area (Å²) in [7, 11) is 1.70. The molecule has 2 heterocycles. The number of carbonyl (C=O) groups is 1. The van der Waals surface area contributed by atoms with Crippen LogP contribution in [0.5, 0.6) is 0 Å². The number of hydrogen-bond acceptors (Lipinski definition) is 4. The molecule has 0 aromatic heterocycles. The molecule has 2 fully saturated rings. The molecule has 2 rings (SSSR count). The van der Waals surface area contributed by atoms with E-state index in [1.54, 1.807) is 7.11 Å². The first-order valence-corrected chi connectivity index (χ1v) is 6.31. The SMILES string of the molecule is CCC1NC(C)N(CC2(OC)CCOC2)C1=O. The normalized spacial score (nSPS) is 38.1. The first-order valence-electron chi connectivity index (χ1n) is 6.31. The van der Waals surface area contributed by atoms with Crippen molar-refractivity contribution in [3.05, 3.63) is 0 Å². The lowest BCUT2D eigenvalue weighted by Crippen LogP contribution is -2.49. The van der Waals surface area contributed by atoms with Crippen molar-refractivity contribution in [1.29, 1.82) is 0 Å². The van der Waals surface area contributed by atoms with E-state index in [4.69, 9.17) is 9.47 Å². The highest BCUT2D eigenvalue weighted by molar-refractivity contribution is 5.84. The first kappa shape index (κ1) is 12.8. The molecule has 0 spiro atoms. The molecule has 2 aliphatic heterocycles. The van der Waals surface area contributed by atoms with E-state index in [1.807, 2.05) is 18.7 Å². The first-order chi connectivity index (χ1) is 8.12. The Morgan fingerprint density at radius 2 is 2.41 bits per heavy atom. The van der Waals surface area contributed by atoms with Crippen molar-refractivity contribution in [3.8, 4) is 0 Å². The van der Waals surface area contributed by atoms with Crippen LogP contribution in [0.25, 0.3) is 0 Å². The van der Waals surface area contributed by atoms with Crippen LogP contribution in [0.4, 0.5) is 0 Å². The number of ether oxygens (including phenoxy) is 2. The minimum absolute atomic E-state index is 0.0405. The van der Waals surface area contributed by atoms with Crippen LogP contribution in [-0.2, 0) is 14.3 Å². The summed E-state index contributed by atoms with van der Waals surface area (Å²) in [4.78, 5) is 14.0. The summed E-state index contributed by atoms with van der Waals surface area (Å²) in [5, 5.41) is 3.30. The second-order valence-corrected chi connectivity index (χ2v) is 4.96. The molecule has 17 heavy (non-hydrogen) atoms. The third-order valence-electron chi connectivity index (χ3n) is 3.86. The van der Waals surface area contributed by atoms with Gasteiger partial charge in [0.2, 0.25) is 5.91 Å². The van der Waals surface area contributed by atoms with E-state index < -0.39 is 0 Å². The van der Waals surface area contributed by atoms with Gasteiger partial charge >= 0.3 is 0 Å². The summed E-state index contributed by atoms with van der Waals surface area (Å²) < 4.78 is 11.0. The Balaban J connectivity index is 2.05. The molecule has 0 aromatic rings. The van der Waals surface area contributed by atoms with Crippen LogP contribution in [0, 0.1) is 0 Å². The fourth-order valence-electron chi connectivity index (χ4n) is 2.60. The van der Waals surface area contributed by atoms with E-state index in [0.717, 1.165) is 19.4 Å². The van der Waals surface area contributed by atoms with Crippen molar-refractivity contribution in [1.82, 2.24) is 10.2 Å². The number of nitrogens with one attached hydrogen (secondary N) is 1. The molecular weight excluding hydrogens is 220 g/mol. The fraction of sp³-hybridized carbons (Fsp3) is 0.917. The van der Waals surface area contributed by atoms with Gasteiger partial charge in [-0.3, -0.25) is 10.1 Å². The van der Waals surface area contributed by atoms with Crippen molar-refractivity contribution in [3.63, 3.8) is 0 Å². The number of nitrogens with zero attached hydrogens (tertiary/aromatic N) is 1. The second-order valence-electron chi connectivity index (χ2n) is 4.96. The van der Waals surface area contributed by atoms with Crippen LogP contribution in [0.1, 0.15) is 26.7 Å². The third kappa shape index (κ3) is 2.32. The molecule has 0 aliphatic carbocycles. The Hall–Kier alpha value is -0.650. The number of methoxy groups -OCH3 is 1. The van der Waals surface area contributed by atoms with Crippen molar-refractivity contribution >= 4 is 5.91 Å². The molecule has 2 aliphatic rings. The topological polar surface area (TPSA) is 50.8 Å². The molecule has 2 saturated heterocycles. The summed E-state index contributed by atoms with van der Waals surface area (Å²) in [6.07, 6.45) is 1.77. The molecule has 0 aromatic carbocycles. The van der Waals surface area contributed by atoms with Crippen molar-refractivity contribution < 1.29 is 14.3 Å². The van der Waals surface area contributed by atoms with E-state index in [9.17, 15) is 4.79 Å². The fourth-order valence-corrected chi connectivity index (χ4v) is 2.60. The Labute approximate surface area is 102 Å². The summed E-state index contributed by atoms with van der Waals surface area (Å²) in [5.41, 5.74) is -0.311. The van der Waals surface area contributed by atoms with Gasteiger partial charge in [0.05, 0.1) is 25.4 Å². The molecule has 5 heteroatoms. The standard InChI is InChI=1S/C12H22N2O3/c1-4-10-11(15)14(9(2)13-10)7-12(16-3)5-6-17-8-12/h9-10,13H,4-8H2,1-3H3. The zero-order chi connectivity index (χ0) is 12.5. The van der Waals surface area contributed by atoms with Gasteiger partial charge in [0.25, 0.3) is 0 Å². The van der Waals surface area contributed by atoms with Gasteiger partial charge in [-0.25, -0.2) is 0 Å².